The fraction of sp³-hybridized carbons (Fsp3) is 0.824. The minimum atomic E-state index is -1.22. The molecule has 0 aliphatic heterocycles. The maximum Gasteiger partial charge on any atom is 0.276 e. The van der Waals surface area contributed by atoms with E-state index in [0.717, 1.165) is 38.5 Å². The van der Waals surface area contributed by atoms with Crippen molar-refractivity contribution in [2.75, 3.05) is 26.4 Å². The van der Waals surface area contributed by atoms with Gasteiger partial charge >= 0.3 is 0 Å². The summed E-state index contributed by atoms with van der Waals surface area (Å²) >= 11 is 0. The molecule has 0 aromatic carbocycles. The predicted octanol–water partition coefficient (Wildman–Crippen LogP) is 3.39. The molecule has 0 radical (unpaired) electrons. The molecule has 1 N–H and O–H groups in total. The fourth-order valence-corrected chi connectivity index (χ4v) is 1.69. The molecule has 0 heterocycles. The smallest absolute Gasteiger partial charge is 0.276 e. The molecule has 130 valence electrons. The molecule has 0 rings (SSSR count). The second-order valence-corrected chi connectivity index (χ2v) is 5.26. The molecule has 0 bridgehead atoms. The van der Waals surface area contributed by atoms with Crippen LogP contribution >= 0.6 is 0 Å². The average Bonchev–Trinajstić information content (AvgIpc) is 2.52. The lowest BCUT2D eigenvalue weighted by Crippen LogP contribution is -2.56. The van der Waals surface area contributed by atoms with Gasteiger partial charge in [0.05, 0.1) is 13.2 Å². The minimum Gasteiger partial charge on any atom is -0.374 e. The normalized spacial score (nSPS) is 11.4. The Labute approximate surface area is 135 Å². The Hall–Kier alpha value is -0.910. The summed E-state index contributed by atoms with van der Waals surface area (Å²) in [6.07, 6.45) is 7.06. The Morgan fingerprint density at radius 3 is 1.95 bits per heavy atom. The van der Waals surface area contributed by atoms with Crippen LogP contribution in [0.2, 0.25) is 0 Å². The van der Waals surface area contributed by atoms with E-state index in [9.17, 15) is 4.79 Å². The van der Waals surface area contributed by atoms with E-state index in [4.69, 9.17) is 14.2 Å². The molecule has 0 saturated carbocycles. The van der Waals surface area contributed by atoms with E-state index in [1.54, 1.807) is 0 Å². The highest BCUT2D eigenvalue weighted by atomic mass is 16.7. The van der Waals surface area contributed by atoms with Gasteiger partial charge in [-0.1, -0.05) is 46.6 Å². The second kappa shape index (κ2) is 13.7. The van der Waals surface area contributed by atoms with Gasteiger partial charge in [0.2, 0.25) is 5.91 Å². The molecule has 0 unspecified atom stereocenters. The highest BCUT2D eigenvalue weighted by Crippen LogP contribution is 2.14. The van der Waals surface area contributed by atoms with Crippen molar-refractivity contribution >= 4 is 5.91 Å². The van der Waals surface area contributed by atoms with Crippen LogP contribution in [0.5, 0.6) is 0 Å². The molecule has 0 fully saturated rings. The Morgan fingerprint density at radius 2 is 1.50 bits per heavy atom. The van der Waals surface area contributed by atoms with Gasteiger partial charge in [0, 0.05) is 6.61 Å². The van der Waals surface area contributed by atoms with Gasteiger partial charge in [-0.25, -0.2) is 0 Å². The zero-order valence-corrected chi connectivity index (χ0v) is 14.5. The van der Waals surface area contributed by atoms with Crippen molar-refractivity contribution in [2.24, 2.45) is 0 Å². The second-order valence-electron chi connectivity index (χ2n) is 5.26. The topological polar surface area (TPSA) is 56.8 Å². The van der Waals surface area contributed by atoms with Gasteiger partial charge in [0.15, 0.2) is 0 Å². The number of unbranched alkanes of at least 4 members (excludes halogenated alkanes) is 3. The van der Waals surface area contributed by atoms with Crippen molar-refractivity contribution in [3.63, 3.8) is 0 Å². The summed E-state index contributed by atoms with van der Waals surface area (Å²) < 4.78 is 17.3. The maximum atomic E-state index is 11.7. The van der Waals surface area contributed by atoms with Gasteiger partial charge in [-0.15, -0.1) is 0 Å². The number of nitrogens with one attached hydrogen (secondary N) is 1. The molecule has 0 aromatic rings. The quantitative estimate of drug-likeness (QED) is 0.286. The van der Waals surface area contributed by atoms with E-state index >= 15 is 0 Å². The fourth-order valence-electron chi connectivity index (χ4n) is 1.69. The van der Waals surface area contributed by atoms with Crippen LogP contribution in [-0.4, -0.2) is 38.2 Å². The van der Waals surface area contributed by atoms with Crippen molar-refractivity contribution in [3.8, 4) is 0 Å². The van der Waals surface area contributed by atoms with Crippen molar-refractivity contribution in [3.05, 3.63) is 12.7 Å². The van der Waals surface area contributed by atoms with E-state index in [-0.39, 0.29) is 12.5 Å². The lowest BCUT2D eigenvalue weighted by molar-refractivity contribution is -0.276. The first-order valence-electron chi connectivity index (χ1n) is 8.44. The number of carbonyl (C=O) groups excluding carboxylic acids is 1. The molecule has 0 aromatic heterocycles. The van der Waals surface area contributed by atoms with Crippen molar-refractivity contribution in [1.29, 1.82) is 0 Å². The Bertz CT molecular complexity index is 284. The molecule has 5 heteroatoms. The highest BCUT2D eigenvalue weighted by molar-refractivity contribution is 5.87. The van der Waals surface area contributed by atoms with Crippen molar-refractivity contribution in [2.45, 2.75) is 65.2 Å². The lowest BCUT2D eigenvalue weighted by Gasteiger charge is -2.33. The van der Waals surface area contributed by atoms with Crippen LogP contribution in [0.25, 0.3) is 0 Å². The molecule has 0 atom stereocenters. The van der Waals surface area contributed by atoms with Crippen LogP contribution in [0.3, 0.4) is 0 Å². The Kier molecular flexibility index (Phi) is 13.2. The maximum absolute atomic E-state index is 11.7. The van der Waals surface area contributed by atoms with E-state index in [1.165, 1.54) is 6.08 Å². The summed E-state index contributed by atoms with van der Waals surface area (Å²) in [6, 6.07) is 0. The summed E-state index contributed by atoms with van der Waals surface area (Å²) in [5, 5.41) is 2.75. The largest absolute Gasteiger partial charge is 0.374 e. The van der Waals surface area contributed by atoms with Gasteiger partial charge in [-0.3, -0.25) is 10.1 Å². The van der Waals surface area contributed by atoms with Crippen molar-refractivity contribution < 1.29 is 19.0 Å². The third-order valence-electron chi connectivity index (χ3n) is 3.10. The van der Waals surface area contributed by atoms with Crippen LogP contribution in [0, 0.1) is 0 Å². The molecule has 0 spiro atoms. The summed E-state index contributed by atoms with van der Waals surface area (Å²) in [4.78, 5) is 11.7. The van der Waals surface area contributed by atoms with Gasteiger partial charge in [-0.2, -0.15) is 0 Å². The third kappa shape index (κ3) is 9.92. The minimum absolute atomic E-state index is 0.181. The molecule has 0 aliphatic carbocycles. The van der Waals surface area contributed by atoms with Crippen LogP contribution in [0.15, 0.2) is 12.7 Å². The summed E-state index contributed by atoms with van der Waals surface area (Å²) in [6.45, 7) is 11.6. The van der Waals surface area contributed by atoms with Crippen LogP contribution in [0.1, 0.15) is 59.3 Å². The van der Waals surface area contributed by atoms with Gasteiger partial charge in [0.25, 0.3) is 5.91 Å². The van der Waals surface area contributed by atoms with Crippen LogP contribution in [-0.2, 0) is 19.0 Å². The Morgan fingerprint density at radius 1 is 1.00 bits per heavy atom. The highest BCUT2D eigenvalue weighted by Gasteiger charge is 2.34. The van der Waals surface area contributed by atoms with E-state index in [0.29, 0.717) is 19.8 Å². The summed E-state index contributed by atoms with van der Waals surface area (Å²) in [5.41, 5.74) is 0. The van der Waals surface area contributed by atoms with Crippen LogP contribution in [0.4, 0.5) is 0 Å². The van der Waals surface area contributed by atoms with Gasteiger partial charge in [0.1, 0.15) is 6.61 Å². The van der Waals surface area contributed by atoms with Gasteiger partial charge in [-0.05, 0) is 25.3 Å². The molecule has 0 aliphatic rings. The summed E-state index contributed by atoms with van der Waals surface area (Å²) in [5.74, 6) is -1.55. The first-order valence-corrected chi connectivity index (χ1v) is 8.44. The number of carbonyl (C=O) groups is 1. The number of amides is 1. The van der Waals surface area contributed by atoms with E-state index in [1.807, 2.05) is 0 Å². The molecular formula is C17H33NO4. The first-order chi connectivity index (χ1) is 10.6. The molecular weight excluding hydrogens is 282 g/mol. The molecule has 1 amide bonds. The number of rotatable bonds is 15. The third-order valence-corrected chi connectivity index (χ3v) is 3.10. The zero-order chi connectivity index (χ0) is 16.7. The number of ether oxygens (including phenoxy) is 3. The van der Waals surface area contributed by atoms with E-state index in [2.05, 4.69) is 32.7 Å². The molecule has 22 heavy (non-hydrogen) atoms. The standard InChI is InChI=1S/C17H33NO4/c1-5-9-12-20-15-17(18-16(19)8-4,21-13-10-6-2)22-14-11-7-3/h8H,4-7,9-15H2,1-3H3,(H,18,19). The predicted molar refractivity (Wildman–Crippen MR) is 88.5 cm³/mol. The van der Waals surface area contributed by atoms with Crippen LogP contribution < -0.4 is 5.32 Å². The molecule has 0 saturated heterocycles. The van der Waals surface area contributed by atoms with Gasteiger partial charge < -0.3 is 14.2 Å². The first kappa shape index (κ1) is 21.1. The summed E-state index contributed by atoms with van der Waals surface area (Å²) in [7, 11) is 0. The molecule has 5 nitrogen and oxygen atoms in total. The SMILES string of the molecule is C=CC(=O)NC(COCCCC)(OCCCC)OCCCC. The lowest BCUT2D eigenvalue weighted by atomic mass is 10.3. The zero-order valence-electron chi connectivity index (χ0n) is 14.5. The Balaban J connectivity index is 4.75. The number of hydrogen-bond donors (Lipinski definition) is 1. The van der Waals surface area contributed by atoms with Crippen molar-refractivity contribution in [1.82, 2.24) is 5.32 Å². The number of hydrogen-bond acceptors (Lipinski definition) is 4. The monoisotopic (exact) mass is 315 g/mol. The van der Waals surface area contributed by atoms with E-state index < -0.39 is 5.91 Å². The average molecular weight is 315 g/mol.